The van der Waals surface area contributed by atoms with Crippen molar-refractivity contribution in [1.29, 1.82) is 0 Å². The van der Waals surface area contributed by atoms with E-state index in [0.717, 1.165) is 48.2 Å². The van der Waals surface area contributed by atoms with Crippen molar-refractivity contribution in [1.82, 2.24) is 15.0 Å². The van der Waals surface area contributed by atoms with E-state index in [-0.39, 0.29) is 0 Å². The van der Waals surface area contributed by atoms with Crippen molar-refractivity contribution in [3.8, 4) is 11.8 Å². The SMILES string of the molecule is CN(c1cccc(N2CCOCC2)c1)c1ncnc2nc(NC3=CC#CC(S(N)(=O)=O)C=C3)sc12. The number of morpholine rings is 1. The van der Waals surface area contributed by atoms with Crippen LogP contribution >= 0.6 is 11.3 Å². The molecular weight excluding hydrogens is 486 g/mol. The zero-order chi connectivity index (χ0) is 24.4. The standard InChI is InChI=1S/C23H23N7O3S2/c1-29(17-5-3-6-18(14-17)30-10-12-33-13-11-30)22-20-21(25-15-26-22)28-23(34-20)27-16-4-2-7-19(9-8-16)35(24,31)32/h3-6,8-9,14-15,19H,10-13H2,1H3,(H2,24,31,32)(H,25,26,27,28). The van der Waals surface area contributed by atoms with Crippen molar-refractivity contribution in [3.63, 3.8) is 0 Å². The highest BCUT2D eigenvalue weighted by Gasteiger charge is 2.19. The van der Waals surface area contributed by atoms with Crippen LogP contribution in [-0.2, 0) is 14.8 Å². The number of aromatic nitrogens is 3. The van der Waals surface area contributed by atoms with E-state index < -0.39 is 15.3 Å². The highest BCUT2D eigenvalue weighted by atomic mass is 32.2. The van der Waals surface area contributed by atoms with Gasteiger partial charge in [-0.2, -0.15) is 4.98 Å². The molecule has 1 aliphatic heterocycles. The second-order valence-corrected chi connectivity index (χ2v) is 10.6. The van der Waals surface area contributed by atoms with Crippen LogP contribution in [0, 0.1) is 11.8 Å². The summed E-state index contributed by atoms with van der Waals surface area (Å²) in [6.07, 6.45) is 6.14. The highest BCUT2D eigenvalue weighted by Crippen LogP contribution is 2.35. The van der Waals surface area contributed by atoms with Crippen LogP contribution in [0.15, 0.2) is 54.5 Å². The lowest BCUT2D eigenvalue weighted by atomic mass is 10.2. The molecule has 180 valence electrons. The Morgan fingerprint density at radius 1 is 1.29 bits per heavy atom. The molecule has 10 nitrogen and oxygen atoms in total. The maximum Gasteiger partial charge on any atom is 0.227 e. The van der Waals surface area contributed by atoms with Crippen LogP contribution in [-0.4, -0.2) is 62.0 Å². The van der Waals surface area contributed by atoms with Crippen molar-refractivity contribution < 1.29 is 13.2 Å². The first-order valence-electron chi connectivity index (χ1n) is 10.8. The fraction of sp³-hybridized carbons (Fsp3) is 0.261. The normalized spacial score (nSPS) is 17.9. The highest BCUT2D eigenvalue weighted by molar-refractivity contribution is 7.90. The van der Waals surface area contributed by atoms with Gasteiger partial charge in [-0.1, -0.05) is 35.3 Å². The molecule has 5 rings (SSSR count). The quantitative estimate of drug-likeness (QED) is 0.481. The Kier molecular flexibility index (Phi) is 6.40. The minimum absolute atomic E-state index is 0.561. The van der Waals surface area contributed by atoms with Crippen molar-refractivity contribution in [2.75, 3.05) is 48.5 Å². The average molecular weight is 510 g/mol. The van der Waals surface area contributed by atoms with Gasteiger partial charge in [-0.3, -0.25) is 0 Å². The summed E-state index contributed by atoms with van der Waals surface area (Å²) >= 11 is 1.40. The number of hydrogen-bond donors (Lipinski definition) is 2. The van der Waals surface area contributed by atoms with Gasteiger partial charge in [-0.15, -0.1) is 0 Å². The van der Waals surface area contributed by atoms with Gasteiger partial charge in [0.25, 0.3) is 0 Å². The third-order valence-electron chi connectivity index (χ3n) is 5.59. The molecule has 0 spiro atoms. The second kappa shape index (κ2) is 9.63. The lowest BCUT2D eigenvalue weighted by Crippen LogP contribution is -2.36. The molecule has 0 saturated carbocycles. The summed E-state index contributed by atoms with van der Waals surface area (Å²) < 4.78 is 29.5. The molecule has 1 aliphatic carbocycles. The lowest BCUT2D eigenvalue weighted by molar-refractivity contribution is 0.122. The molecule has 12 heteroatoms. The fourth-order valence-electron chi connectivity index (χ4n) is 3.76. The predicted molar refractivity (Wildman–Crippen MR) is 138 cm³/mol. The van der Waals surface area contributed by atoms with E-state index >= 15 is 0 Å². The molecule has 3 aromatic rings. The number of thiazole rings is 1. The Morgan fingerprint density at radius 3 is 2.91 bits per heavy atom. The Balaban J connectivity index is 1.40. The Hall–Kier alpha value is -3.50. The first-order valence-corrected chi connectivity index (χ1v) is 13.3. The number of fused-ring (bicyclic) bond motifs is 1. The van der Waals surface area contributed by atoms with Crippen LogP contribution in [0.1, 0.15) is 0 Å². The van der Waals surface area contributed by atoms with E-state index in [1.807, 2.05) is 24.1 Å². The summed E-state index contributed by atoms with van der Waals surface area (Å²) in [5.41, 5.74) is 3.30. The summed E-state index contributed by atoms with van der Waals surface area (Å²) in [6, 6.07) is 8.32. The molecule has 1 unspecified atom stereocenters. The minimum Gasteiger partial charge on any atom is -0.378 e. The number of rotatable bonds is 6. The topological polar surface area (TPSA) is 127 Å². The van der Waals surface area contributed by atoms with Gasteiger partial charge in [0.1, 0.15) is 11.0 Å². The molecule has 1 saturated heterocycles. The molecule has 3 N–H and O–H groups in total. The monoisotopic (exact) mass is 509 g/mol. The maximum atomic E-state index is 11.6. The zero-order valence-corrected chi connectivity index (χ0v) is 20.5. The number of allylic oxidation sites excluding steroid dienone is 2. The third kappa shape index (κ3) is 5.13. The van der Waals surface area contributed by atoms with Crippen LogP contribution in [0.25, 0.3) is 10.3 Å². The van der Waals surface area contributed by atoms with Gasteiger partial charge in [-0.05, 0) is 24.3 Å². The van der Waals surface area contributed by atoms with Crippen LogP contribution < -0.4 is 20.3 Å². The van der Waals surface area contributed by atoms with Crippen molar-refractivity contribution in [3.05, 3.63) is 54.5 Å². The fourth-order valence-corrected chi connectivity index (χ4v) is 5.25. The summed E-state index contributed by atoms with van der Waals surface area (Å²) in [6.45, 7) is 3.18. The van der Waals surface area contributed by atoms with Gasteiger partial charge in [0, 0.05) is 43.3 Å². The molecule has 0 radical (unpaired) electrons. The average Bonchev–Trinajstić information content (AvgIpc) is 3.12. The summed E-state index contributed by atoms with van der Waals surface area (Å²) in [5, 5.41) is 7.93. The molecular formula is C23H23N7O3S2. The van der Waals surface area contributed by atoms with E-state index in [2.05, 4.69) is 49.1 Å². The maximum absolute atomic E-state index is 11.6. The van der Waals surface area contributed by atoms with E-state index in [9.17, 15) is 8.42 Å². The van der Waals surface area contributed by atoms with Gasteiger partial charge in [0.2, 0.25) is 10.0 Å². The second-order valence-electron chi connectivity index (χ2n) is 7.93. The van der Waals surface area contributed by atoms with Gasteiger partial charge >= 0.3 is 0 Å². The Labute approximate surface area is 207 Å². The molecule has 1 fully saturated rings. The Bertz CT molecular complexity index is 1480. The van der Waals surface area contributed by atoms with Gasteiger partial charge in [0.15, 0.2) is 21.8 Å². The van der Waals surface area contributed by atoms with Crippen molar-refractivity contribution in [2.45, 2.75) is 5.25 Å². The van der Waals surface area contributed by atoms with Crippen LogP contribution in [0.2, 0.25) is 0 Å². The predicted octanol–water partition coefficient (Wildman–Crippen LogP) is 2.22. The molecule has 0 amide bonds. The van der Waals surface area contributed by atoms with Gasteiger partial charge < -0.3 is 19.9 Å². The zero-order valence-electron chi connectivity index (χ0n) is 18.9. The first-order chi connectivity index (χ1) is 16.9. The van der Waals surface area contributed by atoms with E-state index in [4.69, 9.17) is 9.88 Å². The van der Waals surface area contributed by atoms with Crippen molar-refractivity contribution in [2.24, 2.45) is 5.14 Å². The number of nitrogens with zero attached hydrogens (tertiary/aromatic N) is 5. The molecule has 1 aromatic carbocycles. The smallest absolute Gasteiger partial charge is 0.227 e. The number of hydrogen-bond acceptors (Lipinski definition) is 10. The van der Waals surface area contributed by atoms with Crippen LogP contribution in [0.4, 0.5) is 22.3 Å². The molecule has 1 atom stereocenters. The van der Waals surface area contributed by atoms with Gasteiger partial charge in [-0.25, -0.2) is 23.5 Å². The van der Waals surface area contributed by atoms with Crippen molar-refractivity contribution >= 4 is 54.0 Å². The molecule has 0 bridgehead atoms. The number of benzene rings is 1. The number of primary sulfonamides is 1. The van der Waals surface area contributed by atoms with E-state index in [1.54, 1.807) is 12.2 Å². The molecule has 2 aromatic heterocycles. The van der Waals surface area contributed by atoms with E-state index in [0.29, 0.717) is 16.5 Å². The number of nitrogens with two attached hydrogens (primary N) is 1. The largest absolute Gasteiger partial charge is 0.378 e. The first kappa shape index (κ1) is 23.3. The lowest BCUT2D eigenvalue weighted by Gasteiger charge is -2.30. The van der Waals surface area contributed by atoms with Crippen LogP contribution in [0.3, 0.4) is 0 Å². The van der Waals surface area contributed by atoms with Gasteiger partial charge in [0.05, 0.1) is 13.2 Å². The van der Waals surface area contributed by atoms with E-state index in [1.165, 1.54) is 23.7 Å². The third-order valence-corrected chi connectivity index (χ3v) is 7.53. The van der Waals surface area contributed by atoms with Crippen LogP contribution in [0.5, 0.6) is 0 Å². The number of ether oxygens (including phenoxy) is 1. The minimum atomic E-state index is -3.79. The summed E-state index contributed by atoms with van der Waals surface area (Å²) in [4.78, 5) is 17.8. The number of anilines is 4. The summed E-state index contributed by atoms with van der Waals surface area (Å²) in [7, 11) is -1.82. The molecule has 35 heavy (non-hydrogen) atoms. The summed E-state index contributed by atoms with van der Waals surface area (Å²) in [5.74, 6) is 6.07. The molecule has 2 aliphatic rings. The number of nitrogens with one attached hydrogen (secondary N) is 1. The molecule has 3 heterocycles. The Morgan fingerprint density at radius 2 is 2.11 bits per heavy atom. The number of sulfonamides is 1.